The van der Waals surface area contributed by atoms with Crippen molar-refractivity contribution >= 4 is 22.0 Å². The monoisotopic (exact) mass is 407 g/mol. The average molecular weight is 406 g/mol. The molecule has 1 aromatic carbocycles. The van der Waals surface area contributed by atoms with Crippen molar-refractivity contribution in [3.05, 3.63) is 30.3 Å². The molecule has 0 atom stereocenters. The van der Waals surface area contributed by atoms with Crippen LogP contribution in [0.25, 0.3) is 0 Å². The Balaban J connectivity index is 2.00. The zero-order chi connectivity index (χ0) is 15.3. The van der Waals surface area contributed by atoms with Crippen LogP contribution in [0.15, 0.2) is 30.3 Å². The summed E-state index contributed by atoms with van der Waals surface area (Å²) in [5, 5.41) is 0. The van der Waals surface area contributed by atoms with E-state index in [1.807, 2.05) is 0 Å². The quantitative estimate of drug-likeness (QED) is 0.687. The number of hydrogen-bond acceptors (Lipinski definition) is 1. The fourth-order valence-electron chi connectivity index (χ4n) is 5.58. The zero-order valence-electron chi connectivity index (χ0n) is 14.1. The van der Waals surface area contributed by atoms with Gasteiger partial charge in [0.2, 0.25) is 0 Å². The summed E-state index contributed by atoms with van der Waals surface area (Å²) >= 11 is -2.44. The third kappa shape index (κ3) is 3.40. The van der Waals surface area contributed by atoms with Gasteiger partial charge >= 0.3 is 141 Å². The van der Waals surface area contributed by atoms with Gasteiger partial charge in [-0.3, -0.25) is 0 Å². The van der Waals surface area contributed by atoms with E-state index in [1.54, 1.807) is 3.58 Å². The van der Waals surface area contributed by atoms with Crippen molar-refractivity contribution in [3.8, 4) is 0 Å². The number of rotatable bonds is 5. The van der Waals surface area contributed by atoms with E-state index >= 15 is 0 Å². The Labute approximate surface area is 140 Å². The number of benzene rings is 1. The van der Waals surface area contributed by atoms with Crippen LogP contribution in [0.1, 0.15) is 64.2 Å². The van der Waals surface area contributed by atoms with Crippen LogP contribution in [0, 0.1) is 0 Å². The summed E-state index contributed by atoms with van der Waals surface area (Å²) in [5.74, 6) is 0. The summed E-state index contributed by atoms with van der Waals surface area (Å²) in [6.07, 6.45) is 14.9. The number of hydrogen-bond donors (Lipinski definition) is 1. The van der Waals surface area contributed by atoms with Crippen LogP contribution in [0.5, 0.6) is 0 Å². The number of nitrogens with two attached hydrogens (primary N) is 1. The second-order valence-corrected chi connectivity index (χ2v) is 21.3. The van der Waals surface area contributed by atoms with Gasteiger partial charge in [0.05, 0.1) is 0 Å². The van der Waals surface area contributed by atoms with Crippen molar-refractivity contribution in [1.29, 1.82) is 0 Å². The molecular formula is C20H33NSn. The molecule has 2 fully saturated rings. The van der Waals surface area contributed by atoms with Crippen LogP contribution in [-0.4, -0.2) is 24.9 Å². The maximum atomic E-state index is 6.22. The molecule has 2 aliphatic rings. The Morgan fingerprint density at radius 3 is 1.73 bits per heavy atom. The summed E-state index contributed by atoms with van der Waals surface area (Å²) in [7, 11) is 0. The van der Waals surface area contributed by atoms with Crippen LogP contribution in [-0.2, 0) is 0 Å². The Hall–Kier alpha value is -0.0213. The van der Waals surface area contributed by atoms with E-state index in [0.717, 1.165) is 14.4 Å². The SMILES string of the molecule is NC[CH2][Sn]([c]1ccccc1)([CH]1CCCCC1)[CH]1CCCCC1. The van der Waals surface area contributed by atoms with Gasteiger partial charge in [0.15, 0.2) is 0 Å². The second-order valence-electron chi connectivity index (χ2n) is 7.61. The molecule has 1 aromatic rings. The van der Waals surface area contributed by atoms with Gasteiger partial charge in [0.1, 0.15) is 0 Å². The molecule has 0 aliphatic heterocycles. The third-order valence-corrected chi connectivity index (χ3v) is 25.4. The Bertz CT molecular complexity index is 414. The molecule has 1 nitrogen and oxygen atoms in total. The molecule has 3 rings (SSSR count). The molecule has 2 aliphatic carbocycles. The van der Waals surface area contributed by atoms with Crippen LogP contribution >= 0.6 is 0 Å². The molecule has 0 amide bonds. The molecule has 22 heavy (non-hydrogen) atoms. The second kappa shape index (κ2) is 8.19. The van der Waals surface area contributed by atoms with E-state index in [0.29, 0.717) is 0 Å². The van der Waals surface area contributed by atoms with Crippen molar-refractivity contribution < 1.29 is 0 Å². The first-order valence-electron chi connectivity index (χ1n) is 9.63. The minimum atomic E-state index is -2.44. The molecule has 0 saturated heterocycles. The standard InChI is InChI=1S/2C6H11.C6H5.C2H6N.Sn/c3*1-2-4-6-5-3-1;1-2-3;/h2*1H,2-6H2;1-5H;1-3H2;. The molecule has 0 radical (unpaired) electrons. The van der Waals surface area contributed by atoms with Gasteiger partial charge < -0.3 is 0 Å². The topological polar surface area (TPSA) is 26.0 Å². The van der Waals surface area contributed by atoms with Gasteiger partial charge in [-0.25, -0.2) is 0 Å². The van der Waals surface area contributed by atoms with Gasteiger partial charge in [-0.2, -0.15) is 0 Å². The van der Waals surface area contributed by atoms with Crippen molar-refractivity contribution in [2.75, 3.05) is 6.54 Å². The van der Waals surface area contributed by atoms with E-state index < -0.39 is 18.4 Å². The molecule has 2 saturated carbocycles. The van der Waals surface area contributed by atoms with E-state index in [9.17, 15) is 0 Å². The Kier molecular flexibility index (Phi) is 6.26. The first kappa shape index (κ1) is 16.8. The van der Waals surface area contributed by atoms with Crippen molar-refractivity contribution in [1.82, 2.24) is 0 Å². The minimum absolute atomic E-state index is 0.929. The molecule has 2 N–H and O–H groups in total. The molecular weight excluding hydrogens is 373 g/mol. The van der Waals surface area contributed by atoms with E-state index in [2.05, 4.69) is 30.3 Å². The Morgan fingerprint density at radius 1 is 0.773 bits per heavy atom. The first-order chi connectivity index (χ1) is 10.9. The maximum absolute atomic E-state index is 6.22. The molecule has 122 valence electrons. The summed E-state index contributed by atoms with van der Waals surface area (Å²) < 4.78 is 5.34. The van der Waals surface area contributed by atoms with Crippen LogP contribution in [0.3, 0.4) is 0 Å². The third-order valence-electron chi connectivity index (χ3n) is 6.54. The molecule has 0 bridgehead atoms. The van der Waals surface area contributed by atoms with E-state index in [4.69, 9.17) is 5.73 Å². The summed E-state index contributed by atoms with van der Waals surface area (Å²) in [4.78, 5) is 0. The van der Waals surface area contributed by atoms with Gasteiger partial charge in [-0.05, 0) is 0 Å². The van der Waals surface area contributed by atoms with Crippen molar-refractivity contribution in [3.63, 3.8) is 0 Å². The summed E-state index contributed by atoms with van der Waals surface area (Å²) in [5.41, 5.74) is 6.22. The fourth-order valence-corrected chi connectivity index (χ4v) is 25.2. The van der Waals surface area contributed by atoms with Gasteiger partial charge in [0.25, 0.3) is 0 Å². The molecule has 0 spiro atoms. The van der Waals surface area contributed by atoms with Gasteiger partial charge in [-0.15, -0.1) is 0 Å². The van der Waals surface area contributed by atoms with E-state index in [1.165, 1.54) is 68.6 Å². The Morgan fingerprint density at radius 2 is 1.27 bits per heavy atom. The summed E-state index contributed by atoms with van der Waals surface area (Å²) in [6.45, 7) is 0.929. The average Bonchev–Trinajstić information content (AvgIpc) is 2.62. The predicted octanol–water partition coefficient (Wildman–Crippen LogP) is 4.97. The fraction of sp³-hybridized carbons (Fsp3) is 0.700. The van der Waals surface area contributed by atoms with Crippen molar-refractivity contribution in [2.24, 2.45) is 5.73 Å². The molecule has 0 aromatic heterocycles. The van der Waals surface area contributed by atoms with Crippen LogP contribution < -0.4 is 9.31 Å². The summed E-state index contributed by atoms with van der Waals surface area (Å²) in [6, 6.07) is 11.8. The first-order valence-corrected chi connectivity index (χ1v) is 16.4. The van der Waals surface area contributed by atoms with Crippen LogP contribution in [0.2, 0.25) is 12.3 Å². The predicted molar refractivity (Wildman–Crippen MR) is 99.4 cm³/mol. The zero-order valence-corrected chi connectivity index (χ0v) is 17.0. The van der Waals surface area contributed by atoms with Gasteiger partial charge in [0, 0.05) is 0 Å². The van der Waals surface area contributed by atoms with E-state index in [-0.39, 0.29) is 0 Å². The van der Waals surface area contributed by atoms with Crippen molar-refractivity contribution in [2.45, 2.75) is 76.5 Å². The molecule has 0 unspecified atom stereocenters. The molecule has 2 heteroatoms. The van der Waals surface area contributed by atoms with Crippen LogP contribution in [0.4, 0.5) is 0 Å². The normalized spacial score (nSPS) is 21.9. The molecule has 0 heterocycles. The van der Waals surface area contributed by atoms with Gasteiger partial charge in [-0.1, -0.05) is 0 Å².